The van der Waals surface area contributed by atoms with Gasteiger partial charge >= 0.3 is 5.69 Å². The van der Waals surface area contributed by atoms with E-state index in [0.717, 1.165) is 0 Å². The Morgan fingerprint density at radius 1 is 1.38 bits per heavy atom. The van der Waals surface area contributed by atoms with Gasteiger partial charge in [-0.15, -0.1) is 0 Å². The zero-order valence-corrected chi connectivity index (χ0v) is 8.58. The van der Waals surface area contributed by atoms with Gasteiger partial charge in [0.05, 0.1) is 12.4 Å². The van der Waals surface area contributed by atoms with Crippen molar-refractivity contribution in [3.8, 4) is 0 Å². The highest BCUT2D eigenvalue weighted by molar-refractivity contribution is 6.29. The van der Waals surface area contributed by atoms with Crippen molar-refractivity contribution >= 4 is 23.3 Å². The van der Waals surface area contributed by atoms with Gasteiger partial charge in [-0.1, -0.05) is 11.6 Å². The van der Waals surface area contributed by atoms with Crippen LogP contribution in [0.1, 0.15) is 10.5 Å². The minimum absolute atomic E-state index is 0.113. The van der Waals surface area contributed by atoms with Crippen LogP contribution in [0.3, 0.4) is 0 Å². The van der Waals surface area contributed by atoms with Crippen LogP contribution in [0.5, 0.6) is 0 Å². The van der Waals surface area contributed by atoms with E-state index in [9.17, 15) is 9.59 Å². The molecule has 0 unspecified atom stereocenters. The molecule has 3 N–H and O–H groups in total. The van der Waals surface area contributed by atoms with Gasteiger partial charge in [-0.2, -0.15) is 0 Å². The molecule has 0 spiro atoms. The lowest BCUT2D eigenvalue weighted by atomic mass is 10.4. The predicted molar refractivity (Wildman–Crippen MR) is 56.4 cm³/mol. The Labute approximate surface area is 93.9 Å². The van der Waals surface area contributed by atoms with Crippen molar-refractivity contribution in [2.45, 2.75) is 0 Å². The number of carbonyl (C=O) groups excluding carboxylic acids is 1. The molecule has 0 aliphatic rings. The van der Waals surface area contributed by atoms with Crippen molar-refractivity contribution in [1.29, 1.82) is 0 Å². The summed E-state index contributed by atoms with van der Waals surface area (Å²) in [5, 5.41) is 2.67. The number of hydrogen-bond acceptors (Lipinski definition) is 4. The molecule has 0 aromatic carbocycles. The van der Waals surface area contributed by atoms with Crippen LogP contribution < -0.4 is 11.0 Å². The fourth-order valence-corrected chi connectivity index (χ4v) is 1.11. The van der Waals surface area contributed by atoms with Gasteiger partial charge in [0, 0.05) is 6.20 Å². The lowest BCUT2D eigenvalue weighted by Crippen LogP contribution is -2.14. The highest BCUT2D eigenvalue weighted by Gasteiger charge is 2.08. The zero-order chi connectivity index (χ0) is 11.5. The molecular weight excluding hydrogens is 234 g/mol. The number of nitrogens with one attached hydrogen (secondary N) is 3. The molecule has 0 aliphatic heterocycles. The third kappa shape index (κ3) is 2.26. The summed E-state index contributed by atoms with van der Waals surface area (Å²) in [4.78, 5) is 34.5. The number of halogens is 1. The molecule has 7 nitrogen and oxygen atoms in total. The fraction of sp³-hybridized carbons (Fsp3) is 0. The lowest BCUT2D eigenvalue weighted by molar-refractivity contribution is 0.102. The zero-order valence-electron chi connectivity index (χ0n) is 7.82. The Morgan fingerprint density at radius 3 is 2.75 bits per heavy atom. The average molecular weight is 240 g/mol. The van der Waals surface area contributed by atoms with Crippen LogP contribution in [-0.2, 0) is 0 Å². The molecule has 0 bridgehead atoms. The van der Waals surface area contributed by atoms with Gasteiger partial charge in [-0.25, -0.2) is 14.8 Å². The molecule has 8 heteroatoms. The molecule has 2 aromatic rings. The second-order valence-corrected chi connectivity index (χ2v) is 3.22. The van der Waals surface area contributed by atoms with Crippen molar-refractivity contribution in [3.63, 3.8) is 0 Å². The molecule has 2 rings (SSSR count). The van der Waals surface area contributed by atoms with E-state index in [2.05, 4.69) is 25.3 Å². The minimum Gasteiger partial charge on any atom is -0.312 e. The number of nitrogens with zero attached hydrogens (tertiary/aromatic N) is 2. The SMILES string of the molecule is O=C(Nc1cnc(Cl)cn1)c1c[nH]c(=O)[nH]1. The first-order valence-electron chi connectivity index (χ1n) is 4.22. The molecule has 0 atom stereocenters. The number of imidazole rings is 1. The number of rotatable bonds is 2. The number of amides is 1. The van der Waals surface area contributed by atoms with Crippen LogP contribution >= 0.6 is 11.6 Å². The Morgan fingerprint density at radius 2 is 2.19 bits per heavy atom. The smallest absolute Gasteiger partial charge is 0.312 e. The quantitative estimate of drug-likeness (QED) is 0.706. The summed E-state index contributed by atoms with van der Waals surface area (Å²) in [5.41, 5.74) is -0.339. The summed E-state index contributed by atoms with van der Waals surface area (Å²) in [7, 11) is 0. The summed E-state index contributed by atoms with van der Waals surface area (Å²) in [6.07, 6.45) is 3.88. The van der Waals surface area contributed by atoms with Crippen LogP contribution in [0, 0.1) is 0 Å². The Bertz CT molecular complexity index is 558. The molecule has 0 fully saturated rings. The maximum atomic E-state index is 11.5. The maximum Gasteiger partial charge on any atom is 0.323 e. The van der Waals surface area contributed by atoms with Crippen molar-refractivity contribution in [2.24, 2.45) is 0 Å². The first-order chi connectivity index (χ1) is 7.65. The standard InChI is InChI=1S/C8H6ClN5O2/c9-5-2-11-6(3-10-5)14-7(15)4-1-12-8(16)13-4/h1-3H,(H,11,14,15)(H2,12,13,16). The normalized spacial score (nSPS) is 10.1. The van der Waals surface area contributed by atoms with Gasteiger partial charge in [-0.3, -0.25) is 4.79 Å². The largest absolute Gasteiger partial charge is 0.323 e. The first kappa shape index (κ1) is 10.4. The first-order valence-corrected chi connectivity index (χ1v) is 4.59. The van der Waals surface area contributed by atoms with E-state index in [1.807, 2.05) is 0 Å². The van der Waals surface area contributed by atoms with Crippen molar-refractivity contribution < 1.29 is 4.79 Å². The van der Waals surface area contributed by atoms with Crippen molar-refractivity contribution in [3.05, 3.63) is 39.9 Å². The molecule has 0 radical (unpaired) electrons. The number of aromatic amines is 2. The van der Waals surface area contributed by atoms with Gasteiger partial charge in [0.1, 0.15) is 10.8 Å². The van der Waals surface area contributed by atoms with Crippen molar-refractivity contribution in [1.82, 2.24) is 19.9 Å². The number of anilines is 1. The summed E-state index contributed by atoms with van der Waals surface area (Å²) in [6, 6.07) is 0. The van der Waals surface area contributed by atoms with Gasteiger partial charge in [-0.05, 0) is 0 Å². The molecular formula is C8H6ClN5O2. The van der Waals surface area contributed by atoms with E-state index in [1.165, 1.54) is 18.6 Å². The van der Waals surface area contributed by atoms with Gasteiger partial charge in [0.25, 0.3) is 5.91 Å². The number of hydrogen-bond donors (Lipinski definition) is 3. The van der Waals surface area contributed by atoms with Gasteiger partial charge in [0.15, 0.2) is 5.82 Å². The summed E-state index contributed by atoms with van der Waals surface area (Å²) in [6.45, 7) is 0. The van der Waals surface area contributed by atoms with Crippen LogP contribution in [-0.4, -0.2) is 25.8 Å². The molecule has 0 saturated carbocycles. The van der Waals surface area contributed by atoms with E-state index in [0.29, 0.717) is 0 Å². The third-order valence-electron chi connectivity index (χ3n) is 1.70. The topological polar surface area (TPSA) is 104 Å². The fourth-order valence-electron chi connectivity index (χ4n) is 1.01. The number of aromatic nitrogens is 4. The average Bonchev–Trinajstić information content (AvgIpc) is 2.68. The van der Waals surface area contributed by atoms with Gasteiger partial charge in [0.2, 0.25) is 0 Å². The highest BCUT2D eigenvalue weighted by Crippen LogP contribution is 2.05. The van der Waals surface area contributed by atoms with Crippen molar-refractivity contribution in [2.75, 3.05) is 5.32 Å². The Kier molecular flexibility index (Phi) is 2.69. The second-order valence-electron chi connectivity index (χ2n) is 2.83. The van der Waals surface area contributed by atoms with Crippen LogP contribution in [0.15, 0.2) is 23.4 Å². The third-order valence-corrected chi connectivity index (χ3v) is 1.90. The highest BCUT2D eigenvalue weighted by atomic mass is 35.5. The molecule has 82 valence electrons. The molecule has 2 aromatic heterocycles. The summed E-state index contributed by atoms with van der Waals surface area (Å²) in [5.74, 6) is -0.244. The van der Waals surface area contributed by atoms with Crippen LogP contribution in [0.25, 0.3) is 0 Å². The van der Waals surface area contributed by atoms with E-state index < -0.39 is 11.6 Å². The molecule has 0 saturated heterocycles. The second kappa shape index (κ2) is 4.15. The number of H-pyrrole nitrogens is 2. The van der Waals surface area contributed by atoms with Crippen LogP contribution in [0.4, 0.5) is 5.82 Å². The van der Waals surface area contributed by atoms with E-state index >= 15 is 0 Å². The molecule has 16 heavy (non-hydrogen) atoms. The summed E-state index contributed by atoms with van der Waals surface area (Å²) < 4.78 is 0. The molecule has 1 amide bonds. The Balaban J connectivity index is 2.13. The maximum absolute atomic E-state index is 11.5. The monoisotopic (exact) mass is 239 g/mol. The van der Waals surface area contributed by atoms with E-state index in [4.69, 9.17) is 11.6 Å². The predicted octanol–water partition coefficient (Wildman–Crippen LogP) is 0.399. The van der Waals surface area contributed by atoms with E-state index in [-0.39, 0.29) is 16.7 Å². The minimum atomic E-state index is -0.491. The lowest BCUT2D eigenvalue weighted by Gasteiger charge is -2.00. The van der Waals surface area contributed by atoms with Gasteiger partial charge < -0.3 is 15.3 Å². The molecule has 0 aliphatic carbocycles. The summed E-state index contributed by atoms with van der Waals surface area (Å²) >= 11 is 5.53. The van der Waals surface area contributed by atoms with Crippen LogP contribution in [0.2, 0.25) is 5.15 Å². The molecule has 2 heterocycles. The number of carbonyl (C=O) groups is 1. The Hall–Kier alpha value is -2.15. The van der Waals surface area contributed by atoms with E-state index in [1.54, 1.807) is 0 Å².